The van der Waals surface area contributed by atoms with Gasteiger partial charge in [-0.1, -0.05) is 20.8 Å². The molecule has 1 amide bonds. The molecule has 0 unspecified atom stereocenters. The molecule has 6 heteroatoms. The van der Waals surface area contributed by atoms with Crippen LogP contribution in [0, 0.1) is 5.92 Å². The number of hydrogen-bond donors (Lipinski definition) is 2. The minimum absolute atomic E-state index is 0.0848. The van der Waals surface area contributed by atoms with Gasteiger partial charge in [-0.2, -0.15) is 5.10 Å². The van der Waals surface area contributed by atoms with Crippen molar-refractivity contribution in [3.63, 3.8) is 0 Å². The summed E-state index contributed by atoms with van der Waals surface area (Å²) in [5.74, 6) is 0.469. The monoisotopic (exact) mass is 307 g/mol. The number of rotatable bonds is 7. The third kappa shape index (κ3) is 5.10. The molecule has 0 spiro atoms. The zero-order chi connectivity index (χ0) is 15.9. The van der Waals surface area contributed by atoms with Gasteiger partial charge in [-0.3, -0.25) is 14.8 Å². The molecule has 2 rings (SSSR count). The Kier molecular flexibility index (Phi) is 6.39. The van der Waals surface area contributed by atoms with Gasteiger partial charge in [0.2, 0.25) is 0 Å². The van der Waals surface area contributed by atoms with Crippen LogP contribution in [0.15, 0.2) is 6.07 Å². The molecule has 0 aliphatic carbocycles. The first-order chi connectivity index (χ1) is 10.6. The third-order valence-corrected chi connectivity index (χ3v) is 4.12. The Morgan fingerprint density at radius 3 is 2.64 bits per heavy atom. The van der Waals surface area contributed by atoms with Gasteiger partial charge in [0.1, 0.15) is 5.69 Å². The lowest BCUT2D eigenvalue weighted by molar-refractivity contribution is 0.0933. The minimum atomic E-state index is -0.0848. The molecule has 0 saturated carbocycles. The number of H-pyrrole nitrogens is 1. The maximum Gasteiger partial charge on any atom is 0.271 e. The first kappa shape index (κ1) is 17.0. The second-order valence-corrected chi connectivity index (χ2v) is 6.41. The molecule has 1 aromatic heterocycles. The first-order valence-corrected chi connectivity index (χ1v) is 8.35. The Balaban J connectivity index is 1.68. The fourth-order valence-electron chi connectivity index (χ4n) is 2.77. The highest BCUT2D eigenvalue weighted by atomic mass is 16.1. The summed E-state index contributed by atoms with van der Waals surface area (Å²) in [6.07, 6.45) is 0.919. The Labute approximate surface area is 133 Å². The molecule has 0 radical (unpaired) electrons. The Bertz CT molecular complexity index is 463. The van der Waals surface area contributed by atoms with Crippen molar-refractivity contribution in [2.75, 3.05) is 45.8 Å². The lowest BCUT2D eigenvalue weighted by atomic mass is 10.1. The second kappa shape index (κ2) is 8.29. The molecule has 0 atom stereocenters. The average Bonchev–Trinajstić information content (AvgIpc) is 2.95. The van der Waals surface area contributed by atoms with Crippen LogP contribution in [-0.4, -0.2) is 71.7 Å². The quantitative estimate of drug-likeness (QED) is 0.788. The average molecular weight is 307 g/mol. The molecular weight excluding hydrogens is 278 g/mol. The van der Waals surface area contributed by atoms with Crippen molar-refractivity contribution in [3.05, 3.63) is 17.5 Å². The molecule has 1 saturated heterocycles. The highest BCUT2D eigenvalue weighted by molar-refractivity contribution is 5.92. The second-order valence-electron chi connectivity index (χ2n) is 6.41. The van der Waals surface area contributed by atoms with Crippen LogP contribution in [0.2, 0.25) is 0 Å². The molecule has 6 nitrogen and oxygen atoms in total. The molecule has 0 aromatic carbocycles. The van der Waals surface area contributed by atoms with Gasteiger partial charge in [0, 0.05) is 45.0 Å². The lowest BCUT2D eigenvalue weighted by Crippen LogP contribution is -2.48. The van der Waals surface area contributed by atoms with Crippen molar-refractivity contribution in [1.29, 1.82) is 0 Å². The highest BCUT2D eigenvalue weighted by Crippen LogP contribution is 2.06. The van der Waals surface area contributed by atoms with Gasteiger partial charge in [0.15, 0.2) is 0 Å². The van der Waals surface area contributed by atoms with E-state index in [1.165, 1.54) is 0 Å². The summed E-state index contributed by atoms with van der Waals surface area (Å²) in [6.45, 7) is 13.7. The number of nitrogens with zero attached hydrogens (tertiary/aromatic N) is 3. The minimum Gasteiger partial charge on any atom is -0.349 e. The molecular formula is C16H29N5O. The van der Waals surface area contributed by atoms with Crippen molar-refractivity contribution in [2.24, 2.45) is 5.92 Å². The molecule has 1 aliphatic heterocycles. The number of carbonyl (C=O) groups is 1. The van der Waals surface area contributed by atoms with Crippen LogP contribution in [-0.2, 0) is 6.42 Å². The topological polar surface area (TPSA) is 64.3 Å². The summed E-state index contributed by atoms with van der Waals surface area (Å²) in [7, 11) is 0. The van der Waals surface area contributed by atoms with Gasteiger partial charge in [0.05, 0.1) is 0 Å². The van der Waals surface area contributed by atoms with Crippen molar-refractivity contribution in [3.8, 4) is 0 Å². The number of piperazine rings is 1. The van der Waals surface area contributed by atoms with Crippen LogP contribution in [0.4, 0.5) is 0 Å². The standard InChI is InChI=1S/C16H29N5O/c1-4-20-7-9-21(10-8-20)6-5-17-16(22)15-12-14(18-19-15)11-13(2)3/h12-13H,4-11H2,1-3H3,(H,17,22)(H,18,19). The molecule has 22 heavy (non-hydrogen) atoms. The molecule has 1 aromatic rings. The smallest absolute Gasteiger partial charge is 0.271 e. The fraction of sp³-hybridized carbons (Fsp3) is 0.750. The summed E-state index contributed by atoms with van der Waals surface area (Å²) >= 11 is 0. The first-order valence-electron chi connectivity index (χ1n) is 8.35. The largest absolute Gasteiger partial charge is 0.349 e. The number of aromatic nitrogens is 2. The normalized spacial score (nSPS) is 17.1. The SMILES string of the molecule is CCN1CCN(CCNC(=O)c2cc(CC(C)C)[nH]n2)CC1. The predicted molar refractivity (Wildman–Crippen MR) is 88.0 cm³/mol. The molecule has 1 aliphatic rings. The van der Waals surface area contributed by atoms with Crippen LogP contribution in [0.3, 0.4) is 0 Å². The number of hydrogen-bond acceptors (Lipinski definition) is 4. The number of amides is 1. The van der Waals surface area contributed by atoms with Gasteiger partial charge in [-0.05, 0) is 24.9 Å². The number of aromatic amines is 1. The van der Waals surface area contributed by atoms with Crippen LogP contribution in [0.5, 0.6) is 0 Å². The maximum atomic E-state index is 12.1. The Morgan fingerprint density at radius 2 is 2.00 bits per heavy atom. The van der Waals surface area contributed by atoms with E-state index in [0.717, 1.165) is 51.4 Å². The van der Waals surface area contributed by atoms with Gasteiger partial charge in [0.25, 0.3) is 5.91 Å². The van der Waals surface area contributed by atoms with Crippen molar-refractivity contribution in [2.45, 2.75) is 27.2 Å². The summed E-state index contributed by atoms with van der Waals surface area (Å²) < 4.78 is 0. The van der Waals surface area contributed by atoms with Crippen LogP contribution >= 0.6 is 0 Å². The molecule has 2 N–H and O–H groups in total. The highest BCUT2D eigenvalue weighted by Gasteiger charge is 2.16. The van der Waals surface area contributed by atoms with Crippen LogP contribution in [0.1, 0.15) is 37.0 Å². The van der Waals surface area contributed by atoms with Crippen molar-refractivity contribution >= 4 is 5.91 Å². The van der Waals surface area contributed by atoms with Gasteiger partial charge < -0.3 is 10.2 Å². The lowest BCUT2D eigenvalue weighted by Gasteiger charge is -2.33. The number of carbonyl (C=O) groups excluding carboxylic acids is 1. The third-order valence-electron chi connectivity index (χ3n) is 4.12. The van der Waals surface area contributed by atoms with E-state index in [9.17, 15) is 4.79 Å². The fourth-order valence-corrected chi connectivity index (χ4v) is 2.77. The Morgan fingerprint density at radius 1 is 1.32 bits per heavy atom. The van der Waals surface area contributed by atoms with Gasteiger partial charge in [-0.15, -0.1) is 0 Å². The predicted octanol–water partition coefficient (Wildman–Crippen LogP) is 0.976. The molecule has 2 heterocycles. The van der Waals surface area contributed by atoms with E-state index in [2.05, 4.69) is 46.1 Å². The van der Waals surface area contributed by atoms with E-state index in [1.54, 1.807) is 0 Å². The summed E-state index contributed by atoms with van der Waals surface area (Å²) in [5.41, 5.74) is 1.52. The number of likely N-dealkylation sites (N-methyl/N-ethyl adjacent to an activating group) is 1. The summed E-state index contributed by atoms with van der Waals surface area (Å²) in [6, 6.07) is 1.86. The van der Waals surface area contributed by atoms with E-state index in [-0.39, 0.29) is 5.91 Å². The van der Waals surface area contributed by atoms with Crippen molar-refractivity contribution < 1.29 is 4.79 Å². The van der Waals surface area contributed by atoms with Crippen LogP contribution in [0.25, 0.3) is 0 Å². The van der Waals surface area contributed by atoms with E-state index in [4.69, 9.17) is 0 Å². The van der Waals surface area contributed by atoms with Crippen LogP contribution < -0.4 is 5.32 Å². The summed E-state index contributed by atoms with van der Waals surface area (Å²) in [5, 5.41) is 10.0. The molecule has 1 fully saturated rings. The van der Waals surface area contributed by atoms with E-state index >= 15 is 0 Å². The van der Waals surface area contributed by atoms with E-state index in [1.807, 2.05) is 6.07 Å². The Hall–Kier alpha value is -1.40. The van der Waals surface area contributed by atoms with E-state index < -0.39 is 0 Å². The van der Waals surface area contributed by atoms with E-state index in [0.29, 0.717) is 18.2 Å². The number of nitrogens with one attached hydrogen (secondary N) is 2. The molecule has 124 valence electrons. The summed E-state index contributed by atoms with van der Waals surface area (Å²) in [4.78, 5) is 16.9. The van der Waals surface area contributed by atoms with Gasteiger partial charge >= 0.3 is 0 Å². The zero-order valence-electron chi connectivity index (χ0n) is 14.1. The van der Waals surface area contributed by atoms with Gasteiger partial charge in [-0.25, -0.2) is 0 Å². The molecule has 0 bridgehead atoms. The maximum absolute atomic E-state index is 12.1. The van der Waals surface area contributed by atoms with Crippen molar-refractivity contribution in [1.82, 2.24) is 25.3 Å². The zero-order valence-corrected chi connectivity index (χ0v) is 14.1.